The number of halogens is 1. The van der Waals surface area contributed by atoms with E-state index in [2.05, 4.69) is 0 Å². The van der Waals surface area contributed by atoms with Crippen molar-refractivity contribution in [3.8, 4) is 11.5 Å². The molecule has 2 aromatic carbocycles. The Kier molecular flexibility index (Phi) is 6.24. The molecule has 0 saturated carbocycles. The van der Waals surface area contributed by atoms with Crippen molar-refractivity contribution in [2.45, 2.75) is 25.3 Å². The SMILES string of the molecule is CCCOc1ccc(C(=O)N2C[C@@H](N)[C@H](c3cccc(OC)c3)C2)cc1Cl. The van der Waals surface area contributed by atoms with Crippen LogP contribution in [0.3, 0.4) is 0 Å². The van der Waals surface area contributed by atoms with Gasteiger partial charge in [-0.05, 0) is 42.3 Å². The number of hydrogen-bond donors (Lipinski definition) is 1. The summed E-state index contributed by atoms with van der Waals surface area (Å²) in [7, 11) is 1.64. The van der Waals surface area contributed by atoms with E-state index >= 15 is 0 Å². The minimum Gasteiger partial charge on any atom is -0.497 e. The summed E-state index contributed by atoms with van der Waals surface area (Å²) in [6.07, 6.45) is 0.897. The fourth-order valence-electron chi connectivity index (χ4n) is 3.37. The normalized spacial score (nSPS) is 19.2. The molecule has 1 aliphatic heterocycles. The van der Waals surface area contributed by atoms with E-state index < -0.39 is 0 Å². The zero-order valence-electron chi connectivity index (χ0n) is 15.7. The van der Waals surface area contributed by atoms with E-state index in [-0.39, 0.29) is 17.9 Å². The van der Waals surface area contributed by atoms with E-state index in [0.717, 1.165) is 17.7 Å². The van der Waals surface area contributed by atoms with E-state index in [1.165, 1.54) is 0 Å². The summed E-state index contributed by atoms with van der Waals surface area (Å²) in [5.74, 6) is 1.40. The van der Waals surface area contributed by atoms with Crippen LogP contribution in [0.25, 0.3) is 0 Å². The van der Waals surface area contributed by atoms with Crippen LogP contribution >= 0.6 is 11.6 Å². The number of ether oxygens (including phenoxy) is 2. The summed E-state index contributed by atoms with van der Waals surface area (Å²) in [5, 5.41) is 0.446. The first kappa shape index (κ1) is 19.5. The van der Waals surface area contributed by atoms with Crippen LogP contribution in [-0.2, 0) is 0 Å². The van der Waals surface area contributed by atoms with Crippen molar-refractivity contribution in [2.24, 2.45) is 5.73 Å². The molecule has 2 N–H and O–H groups in total. The van der Waals surface area contributed by atoms with Gasteiger partial charge in [-0.1, -0.05) is 30.7 Å². The number of nitrogens with two attached hydrogens (primary N) is 1. The predicted molar refractivity (Wildman–Crippen MR) is 107 cm³/mol. The zero-order chi connectivity index (χ0) is 19.4. The van der Waals surface area contributed by atoms with Crippen molar-refractivity contribution >= 4 is 17.5 Å². The van der Waals surface area contributed by atoms with Crippen LogP contribution in [0.15, 0.2) is 42.5 Å². The van der Waals surface area contributed by atoms with Crippen LogP contribution in [0.4, 0.5) is 0 Å². The Morgan fingerprint density at radius 3 is 2.78 bits per heavy atom. The Balaban J connectivity index is 1.73. The van der Waals surface area contributed by atoms with Gasteiger partial charge >= 0.3 is 0 Å². The Morgan fingerprint density at radius 1 is 1.26 bits per heavy atom. The summed E-state index contributed by atoms with van der Waals surface area (Å²) < 4.78 is 10.9. The minimum atomic E-state index is -0.122. The maximum absolute atomic E-state index is 12.9. The molecule has 0 aliphatic carbocycles. The highest BCUT2D eigenvalue weighted by Crippen LogP contribution is 2.31. The number of rotatable bonds is 6. The maximum atomic E-state index is 12.9. The van der Waals surface area contributed by atoms with Gasteiger partial charge in [-0.2, -0.15) is 0 Å². The van der Waals surface area contributed by atoms with Crippen molar-refractivity contribution in [2.75, 3.05) is 26.8 Å². The highest BCUT2D eigenvalue weighted by Gasteiger charge is 2.34. The average molecular weight is 389 g/mol. The molecule has 0 aromatic heterocycles. The number of methoxy groups -OCH3 is 1. The Morgan fingerprint density at radius 2 is 2.07 bits per heavy atom. The van der Waals surface area contributed by atoms with E-state index in [1.54, 1.807) is 30.2 Å². The summed E-state index contributed by atoms with van der Waals surface area (Å²) >= 11 is 6.27. The van der Waals surface area contributed by atoms with Crippen molar-refractivity contribution < 1.29 is 14.3 Å². The first-order valence-corrected chi connectivity index (χ1v) is 9.52. The zero-order valence-corrected chi connectivity index (χ0v) is 16.4. The van der Waals surface area contributed by atoms with Crippen molar-refractivity contribution in [3.05, 3.63) is 58.6 Å². The van der Waals surface area contributed by atoms with Crippen LogP contribution in [-0.4, -0.2) is 43.7 Å². The number of carbonyl (C=O) groups excluding carboxylic acids is 1. The standard InChI is InChI=1S/C21H25ClN2O3/c1-3-9-27-20-8-7-15(11-18(20)22)21(25)24-12-17(19(23)13-24)14-5-4-6-16(10-14)26-2/h4-8,10-11,17,19H,3,9,12-13,23H2,1-2H3/t17-,19+/m0/s1. The Hall–Kier alpha value is -2.24. The molecule has 1 aliphatic rings. The fraction of sp³-hybridized carbons (Fsp3) is 0.381. The Labute approximate surface area is 165 Å². The van der Waals surface area contributed by atoms with Crippen LogP contribution in [0.5, 0.6) is 11.5 Å². The van der Waals surface area contributed by atoms with Gasteiger partial charge < -0.3 is 20.1 Å². The average Bonchev–Trinajstić information content (AvgIpc) is 3.08. The molecular formula is C21H25ClN2O3. The monoisotopic (exact) mass is 388 g/mol. The highest BCUT2D eigenvalue weighted by atomic mass is 35.5. The smallest absolute Gasteiger partial charge is 0.253 e. The van der Waals surface area contributed by atoms with Gasteiger partial charge in [0.25, 0.3) is 5.91 Å². The predicted octanol–water partition coefficient (Wildman–Crippen LogP) is 3.70. The first-order valence-electron chi connectivity index (χ1n) is 9.14. The van der Waals surface area contributed by atoms with Crippen molar-refractivity contribution in [1.29, 1.82) is 0 Å². The van der Waals surface area contributed by atoms with Crippen LogP contribution in [0, 0.1) is 0 Å². The van der Waals surface area contributed by atoms with Gasteiger partial charge in [-0.15, -0.1) is 0 Å². The number of amides is 1. The lowest BCUT2D eigenvalue weighted by Crippen LogP contribution is -2.32. The number of benzene rings is 2. The topological polar surface area (TPSA) is 64.8 Å². The van der Waals surface area contributed by atoms with E-state index in [0.29, 0.717) is 36.0 Å². The molecule has 6 heteroatoms. The lowest BCUT2D eigenvalue weighted by atomic mass is 9.95. The molecule has 0 bridgehead atoms. The molecule has 0 radical (unpaired) electrons. The molecule has 5 nitrogen and oxygen atoms in total. The fourth-order valence-corrected chi connectivity index (χ4v) is 3.60. The molecule has 1 fully saturated rings. The molecule has 1 amide bonds. The second-order valence-electron chi connectivity index (χ2n) is 6.75. The molecule has 0 unspecified atom stereocenters. The molecular weight excluding hydrogens is 364 g/mol. The molecule has 3 rings (SSSR count). The summed E-state index contributed by atoms with van der Waals surface area (Å²) in [6.45, 7) is 3.70. The van der Waals surface area contributed by atoms with Gasteiger partial charge in [0.15, 0.2) is 0 Å². The number of carbonyl (C=O) groups is 1. The van der Waals surface area contributed by atoms with Gasteiger partial charge in [-0.25, -0.2) is 0 Å². The minimum absolute atomic E-state index is 0.0696. The van der Waals surface area contributed by atoms with Gasteiger partial charge in [0.05, 0.1) is 18.7 Å². The van der Waals surface area contributed by atoms with Crippen LogP contribution in [0.2, 0.25) is 5.02 Å². The van der Waals surface area contributed by atoms with Gasteiger partial charge in [0.2, 0.25) is 0 Å². The second kappa shape index (κ2) is 8.63. The number of nitrogens with zero attached hydrogens (tertiary/aromatic N) is 1. The highest BCUT2D eigenvalue weighted by molar-refractivity contribution is 6.32. The lowest BCUT2D eigenvalue weighted by Gasteiger charge is -2.17. The summed E-state index contributed by atoms with van der Waals surface area (Å²) in [5.41, 5.74) is 7.96. The third-order valence-corrected chi connectivity index (χ3v) is 5.11. The molecule has 27 heavy (non-hydrogen) atoms. The summed E-state index contributed by atoms with van der Waals surface area (Å²) in [6, 6.07) is 12.9. The van der Waals surface area contributed by atoms with E-state index in [9.17, 15) is 4.79 Å². The number of hydrogen-bond acceptors (Lipinski definition) is 4. The lowest BCUT2D eigenvalue weighted by molar-refractivity contribution is 0.0789. The van der Waals surface area contributed by atoms with E-state index in [4.69, 9.17) is 26.8 Å². The summed E-state index contributed by atoms with van der Waals surface area (Å²) in [4.78, 5) is 14.7. The van der Waals surface area contributed by atoms with Crippen LogP contribution < -0.4 is 15.2 Å². The van der Waals surface area contributed by atoms with Gasteiger partial charge in [0.1, 0.15) is 11.5 Å². The molecule has 2 aromatic rings. The molecule has 1 saturated heterocycles. The van der Waals surface area contributed by atoms with Crippen LogP contribution in [0.1, 0.15) is 35.2 Å². The molecule has 2 atom stereocenters. The largest absolute Gasteiger partial charge is 0.497 e. The van der Waals surface area contributed by atoms with Gasteiger partial charge in [-0.3, -0.25) is 4.79 Å². The first-order chi connectivity index (χ1) is 13.0. The Bertz CT molecular complexity index is 812. The number of likely N-dealkylation sites (tertiary alicyclic amines) is 1. The maximum Gasteiger partial charge on any atom is 0.253 e. The quantitative estimate of drug-likeness (QED) is 0.819. The second-order valence-corrected chi connectivity index (χ2v) is 7.16. The molecule has 1 heterocycles. The molecule has 0 spiro atoms. The molecule has 144 valence electrons. The van der Waals surface area contributed by atoms with E-state index in [1.807, 2.05) is 31.2 Å². The van der Waals surface area contributed by atoms with Crippen molar-refractivity contribution in [3.63, 3.8) is 0 Å². The van der Waals surface area contributed by atoms with Gasteiger partial charge in [0, 0.05) is 30.6 Å². The third kappa shape index (κ3) is 4.37. The van der Waals surface area contributed by atoms with Crippen molar-refractivity contribution in [1.82, 2.24) is 4.90 Å². The third-order valence-electron chi connectivity index (χ3n) is 4.81.